The number of carboxylic acids is 1. The smallest absolute Gasteiger partial charge is 0.313 e. The molecule has 6 heteroatoms. The van der Waals surface area contributed by atoms with E-state index in [4.69, 9.17) is 5.11 Å². The molecule has 4 heterocycles. The van der Waals surface area contributed by atoms with Crippen LogP contribution in [0.5, 0.6) is 0 Å². The summed E-state index contributed by atoms with van der Waals surface area (Å²) < 4.78 is 2.22. The van der Waals surface area contributed by atoms with E-state index in [1.165, 1.54) is 37.7 Å². The SMILES string of the molecule is Cc1cn(C2CN3CCC2CC3)c(SCC(=O)O)n1. The molecule has 0 saturated carbocycles. The third kappa shape index (κ3) is 2.65. The van der Waals surface area contributed by atoms with E-state index < -0.39 is 5.97 Å². The molecule has 104 valence electrons. The normalized spacial score (nSPS) is 29.6. The molecule has 0 aliphatic carbocycles. The molecule has 5 nitrogen and oxygen atoms in total. The number of carbonyl (C=O) groups is 1. The van der Waals surface area contributed by atoms with Crippen molar-refractivity contribution in [2.45, 2.75) is 31.0 Å². The van der Waals surface area contributed by atoms with E-state index in [-0.39, 0.29) is 5.75 Å². The maximum atomic E-state index is 10.7. The van der Waals surface area contributed by atoms with Gasteiger partial charge in [-0.05, 0) is 38.8 Å². The van der Waals surface area contributed by atoms with Gasteiger partial charge in [0.15, 0.2) is 5.16 Å². The highest BCUT2D eigenvalue weighted by Crippen LogP contribution is 2.37. The molecule has 19 heavy (non-hydrogen) atoms. The lowest BCUT2D eigenvalue weighted by molar-refractivity contribution is -0.133. The average Bonchev–Trinajstić information content (AvgIpc) is 2.79. The largest absolute Gasteiger partial charge is 0.481 e. The van der Waals surface area contributed by atoms with Crippen LogP contribution >= 0.6 is 11.8 Å². The van der Waals surface area contributed by atoms with Gasteiger partial charge in [0.2, 0.25) is 0 Å². The number of hydrogen-bond donors (Lipinski definition) is 1. The summed E-state index contributed by atoms with van der Waals surface area (Å²) in [6, 6.07) is 0.472. The van der Waals surface area contributed by atoms with Crippen LogP contribution in [0.15, 0.2) is 11.4 Å². The van der Waals surface area contributed by atoms with E-state index in [1.807, 2.05) is 6.92 Å². The van der Waals surface area contributed by atoms with Crippen molar-refractivity contribution < 1.29 is 9.90 Å². The third-order valence-electron chi connectivity index (χ3n) is 4.12. The van der Waals surface area contributed by atoms with Crippen LogP contribution in [0.4, 0.5) is 0 Å². The van der Waals surface area contributed by atoms with Crippen LogP contribution in [0.3, 0.4) is 0 Å². The fraction of sp³-hybridized carbons (Fsp3) is 0.692. The van der Waals surface area contributed by atoms with Crippen LogP contribution in [0.2, 0.25) is 0 Å². The minimum absolute atomic E-state index is 0.0809. The molecule has 3 aliphatic heterocycles. The Labute approximate surface area is 117 Å². The lowest BCUT2D eigenvalue weighted by Crippen LogP contribution is -2.48. The standard InChI is InChI=1S/C13H19N3O2S/c1-9-6-16(13(14-9)19-8-12(17)18)11-7-15-4-2-10(11)3-5-15/h6,10-11H,2-5,7-8H2,1H3,(H,17,18). The van der Waals surface area contributed by atoms with Crippen LogP contribution in [0, 0.1) is 12.8 Å². The van der Waals surface area contributed by atoms with Crippen molar-refractivity contribution in [1.82, 2.24) is 14.5 Å². The van der Waals surface area contributed by atoms with Gasteiger partial charge in [0.05, 0.1) is 17.5 Å². The van der Waals surface area contributed by atoms with Gasteiger partial charge in [0.1, 0.15) is 0 Å². The molecule has 1 N–H and O–H groups in total. The first-order chi connectivity index (χ1) is 9.13. The van der Waals surface area contributed by atoms with E-state index in [0.29, 0.717) is 6.04 Å². The van der Waals surface area contributed by atoms with Gasteiger partial charge in [-0.1, -0.05) is 11.8 Å². The van der Waals surface area contributed by atoms with Crippen molar-refractivity contribution in [2.24, 2.45) is 5.92 Å². The van der Waals surface area contributed by atoms with Crippen molar-refractivity contribution >= 4 is 17.7 Å². The topological polar surface area (TPSA) is 58.4 Å². The van der Waals surface area contributed by atoms with Gasteiger partial charge in [-0.2, -0.15) is 0 Å². The first kappa shape index (κ1) is 13.0. The number of nitrogens with zero attached hydrogens (tertiary/aromatic N) is 3. The van der Waals surface area contributed by atoms with E-state index in [1.54, 1.807) is 0 Å². The van der Waals surface area contributed by atoms with Crippen molar-refractivity contribution in [3.8, 4) is 0 Å². The lowest BCUT2D eigenvalue weighted by atomic mass is 9.84. The summed E-state index contributed by atoms with van der Waals surface area (Å²) in [4.78, 5) is 17.7. The first-order valence-electron chi connectivity index (χ1n) is 6.76. The number of fused-ring (bicyclic) bond motifs is 3. The summed E-state index contributed by atoms with van der Waals surface area (Å²) in [5, 5.41) is 9.68. The number of hydrogen-bond acceptors (Lipinski definition) is 4. The molecule has 3 saturated heterocycles. The predicted molar refractivity (Wildman–Crippen MR) is 73.5 cm³/mol. The third-order valence-corrected chi connectivity index (χ3v) is 5.07. The Bertz CT molecular complexity index is 480. The Morgan fingerprint density at radius 2 is 2.26 bits per heavy atom. The van der Waals surface area contributed by atoms with Gasteiger partial charge in [-0.3, -0.25) is 4.79 Å². The maximum Gasteiger partial charge on any atom is 0.313 e. The van der Waals surface area contributed by atoms with E-state index in [2.05, 4.69) is 20.6 Å². The molecule has 0 spiro atoms. The molecule has 3 aliphatic rings. The van der Waals surface area contributed by atoms with E-state index >= 15 is 0 Å². The Morgan fingerprint density at radius 1 is 1.53 bits per heavy atom. The van der Waals surface area contributed by atoms with Crippen LogP contribution in [-0.2, 0) is 4.79 Å². The zero-order valence-electron chi connectivity index (χ0n) is 11.1. The monoisotopic (exact) mass is 281 g/mol. The maximum absolute atomic E-state index is 10.7. The molecular weight excluding hydrogens is 262 g/mol. The van der Waals surface area contributed by atoms with Crippen molar-refractivity contribution in [1.29, 1.82) is 0 Å². The fourth-order valence-corrected chi connectivity index (χ4v) is 4.01. The number of aryl methyl sites for hydroxylation is 1. The summed E-state index contributed by atoms with van der Waals surface area (Å²) in [6.07, 6.45) is 4.59. The highest BCUT2D eigenvalue weighted by Gasteiger charge is 2.36. The van der Waals surface area contributed by atoms with Gasteiger partial charge >= 0.3 is 5.97 Å². The van der Waals surface area contributed by atoms with Gasteiger partial charge in [0, 0.05) is 12.7 Å². The van der Waals surface area contributed by atoms with Crippen molar-refractivity contribution in [3.63, 3.8) is 0 Å². The summed E-state index contributed by atoms with van der Waals surface area (Å²) in [5.74, 6) is 0.0197. The molecular formula is C13H19N3O2S. The Balaban J connectivity index is 1.81. The molecule has 1 atom stereocenters. The Hall–Kier alpha value is -1.01. The lowest BCUT2D eigenvalue weighted by Gasteiger charge is -2.45. The van der Waals surface area contributed by atoms with Crippen LogP contribution < -0.4 is 0 Å². The Morgan fingerprint density at radius 3 is 2.84 bits per heavy atom. The molecule has 0 amide bonds. The first-order valence-corrected chi connectivity index (χ1v) is 7.74. The number of piperidine rings is 3. The zero-order valence-corrected chi connectivity index (χ0v) is 11.9. The molecule has 1 aromatic heterocycles. The van der Waals surface area contributed by atoms with Gasteiger partial charge in [-0.25, -0.2) is 4.98 Å². The summed E-state index contributed by atoms with van der Waals surface area (Å²) >= 11 is 1.33. The number of thioether (sulfide) groups is 1. The highest BCUT2D eigenvalue weighted by atomic mass is 32.2. The molecule has 4 rings (SSSR count). The Kier molecular flexibility index (Phi) is 3.54. The van der Waals surface area contributed by atoms with E-state index in [0.717, 1.165) is 23.3 Å². The molecule has 0 aromatic carbocycles. The molecule has 1 aromatic rings. The second-order valence-corrected chi connectivity index (χ2v) is 6.40. The number of carboxylic acid groups (broad SMARTS) is 1. The number of aliphatic carboxylic acids is 1. The fourth-order valence-electron chi connectivity index (χ4n) is 3.21. The average molecular weight is 281 g/mol. The molecule has 0 radical (unpaired) electrons. The molecule has 1 unspecified atom stereocenters. The molecule has 3 fully saturated rings. The van der Waals surface area contributed by atoms with Crippen LogP contribution in [0.1, 0.15) is 24.6 Å². The van der Waals surface area contributed by atoms with Gasteiger partial charge in [0.25, 0.3) is 0 Å². The molecule has 2 bridgehead atoms. The zero-order chi connectivity index (χ0) is 13.4. The van der Waals surface area contributed by atoms with Gasteiger partial charge < -0.3 is 14.6 Å². The summed E-state index contributed by atoms with van der Waals surface area (Å²) in [6.45, 7) is 5.49. The minimum atomic E-state index is -0.786. The van der Waals surface area contributed by atoms with Gasteiger partial charge in [-0.15, -0.1) is 0 Å². The second-order valence-electron chi connectivity index (χ2n) is 5.46. The minimum Gasteiger partial charge on any atom is -0.481 e. The highest BCUT2D eigenvalue weighted by molar-refractivity contribution is 7.99. The van der Waals surface area contributed by atoms with Crippen LogP contribution in [-0.4, -0.2) is 50.9 Å². The number of rotatable bonds is 4. The van der Waals surface area contributed by atoms with Crippen molar-refractivity contribution in [3.05, 3.63) is 11.9 Å². The quantitative estimate of drug-likeness (QED) is 0.850. The summed E-state index contributed by atoms with van der Waals surface area (Å²) in [5.41, 5.74) is 0.976. The summed E-state index contributed by atoms with van der Waals surface area (Å²) in [7, 11) is 0. The number of imidazole rings is 1. The second kappa shape index (κ2) is 5.17. The van der Waals surface area contributed by atoms with Crippen LogP contribution in [0.25, 0.3) is 0 Å². The number of aromatic nitrogens is 2. The van der Waals surface area contributed by atoms with Crippen molar-refractivity contribution in [2.75, 3.05) is 25.4 Å². The van der Waals surface area contributed by atoms with E-state index in [9.17, 15) is 4.79 Å². The predicted octanol–water partition coefficient (Wildman–Crippen LogP) is 1.63.